The molecule has 4 aromatic rings. The average Bonchev–Trinajstić information content (AvgIpc) is 3.65. The molecular weight excluding hydrogens is 584 g/mol. The molecule has 2 aromatic heterocycles. The summed E-state index contributed by atoms with van der Waals surface area (Å²) < 4.78 is 37.5. The Morgan fingerprint density at radius 1 is 1.21 bits per heavy atom. The zero-order valence-corrected chi connectivity index (χ0v) is 24.4. The Balaban J connectivity index is 1.35. The van der Waals surface area contributed by atoms with Gasteiger partial charge in [-0.1, -0.05) is 29.5 Å². The summed E-state index contributed by atoms with van der Waals surface area (Å²) in [5.41, 5.74) is 6.52. The highest BCUT2D eigenvalue weighted by Crippen LogP contribution is 2.45. The molecule has 5 heterocycles. The van der Waals surface area contributed by atoms with E-state index in [-0.39, 0.29) is 61.5 Å². The van der Waals surface area contributed by atoms with E-state index in [4.69, 9.17) is 27.1 Å². The van der Waals surface area contributed by atoms with Crippen LogP contribution in [0.5, 0.6) is 6.01 Å². The van der Waals surface area contributed by atoms with E-state index in [1.165, 1.54) is 18.2 Å². The summed E-state index contributed by atoms with van der Waals surface area (Å²) in [5.74, 6) is -0.786. The highest BCUT2D eigenvalue weighted by Gasteiger charge is 2.49. The summed E-state index contributed by atoms with van der Waals surface area (Å²) in [6.45, 7) is 6.11. The maximum Gasteiger partial charge on any atom is 0.319 e. The van der Waals surface area contributed by atoms with Crippen LogP contribution in [0.3, 0.4) is 0 Å². The average molecular weight is 612 g/mol. The standard InChI is InChI=1S/C29H28ClF2N7O2S/c1-3-21(40)38-10-8-19-20(38)12-39(19)27-16-11-17(30)22(15-6-7-18(31)26-25(15)34-28(33)42-26)23(32)24(16)35-29(36-27)41-13-14-5-4-9-37(14)2/h3,6-7,11,14,19-20H,1,4-5,8-10,12-13H2,2H3,(H2,33,34)/t14-,19?,20+/m0/s1. The fourth-order valence-electron chi connectivity index (χ4n) is 6.50. The number of nitrogen functional groups attached to an aromatic ring is 1. The minimum atomic E-state index is -0.685. The van der Waals surface area contributed by atoms with Crippen LogP contribution in [0.25, 0.3) is 32.2 Å². The lowest BCUT2D eigenvalue weighted by Gasteiger charge is -2.47. The third kappa shape index (κ3) is 4.26. The fraction of sp³-hybridized carbons (Fsp3) is 0.379. The number of fused-ring (bicyclic) bond motifs is 3. The molecule has 1 unspecified atom stereocenters. The van der Waals surface area contributed by atoms with Crippen molar-refractivity contribution in [2.24, 2.45) is 0 Å². The van der Waals surface area contributed by atoms with Gasteiger partial charge in [-0.25, -0.2) is 13.8 Å². The number of carbonyl (C=O) groups is 1. The third-order valence-electron chi connectivity index (χ3n) is 8.72. The van der Waals surface area contributed by atoms with Gasteiger partial charge in [0.15, 0.2) is 10.9 Å². The largest absolute Gasteiger partial charge is 0.462 e. The number of nitrogens with two attached hydrogens (primary N) is 1. The Bertz CT molecular complexity index is 1770. The molecule has 1 amide bonds. The SMILES string of the molecule is C=CC(=O)N1CCC2[C@H]1CN2c1nc(OC[C@@H]2CCCN2C)nc2c(F)c(-c3ccc(F)c4sc(N)nc34)c(Cl)cc12. The van der Waals surface area contributed by atoms with Crippen LogP contribution in [0.15, 0.2) is 30.9 Å². The number of ether oxygens (including phenoxy) is 1. The monoisotopic (exact) mass is 611 g/mol. The number of halogens is 3. The first kappa shape index (κ1) is 27.2. The van der Waals surface area contributed by atoms with E-state index >= 15 is 4.39 Å². The minimum Gasteiger partial charge on any atom is -0.462 e. The van der Waals surface area contributed by atoms with E-state index in [0.717, 1.165) is 37.1 Å². The van der Waals surface area contributed by atoms with E-state index in [1.807, 2.05) is 11.9 Å². The van der Waals surface area contributed by atoms with Crippen molar-refractivity contribution in [1.82, 2.24) is 24.8 Å². The first-order valence-electron chi connectivity index (χ1n) is 13.8. The van der Waals surface area contributed by atoms with Crippen molar-refractivity contribution < 1.29 is 18.3 Å². The van der Waals surface area contributed by atoms with Crippen LogP contribution in [0.2, 0.25) is 5.02 Å². The summed E-state index contributed by atoms with van der Waals surface area (Å²) in [6, 6.07) is 4.64. The molecule has 3 aliphatic rings. The fourth-order valence-corrected chi connectivity index (χ4v) is 7.56. The lowest BCUT2D eigenvalue weighted by atomic mass is 9.95. The molecule has 2 N–H and O–H groups in total. The zero-order valence-electron chi connectivity index (χ0n) is 22.8. The smallest absolute Gasteiger partial charge is 0.319 e. The number of nitrogens with zero attached hydrogens (tertiary/aromatic N) is 6. The van der Waals surface area contributed by atoms with Crippen LogP contribution >= 0.6 is 22.9 Å². The number of benzene rings is 2. The molecule has 3 atom stereocenters. The van der Waals surface area contributed by atoms with Crippen LogP contribution in [0.1, 0.15) is 19.3 Å². The van der Waals surface area contributed by atoms with E-state index < -0.39 is 11.6 Å². The second-order valence-electron chi connectivity index (χ2n) is 11.0. The Kier molecular flexibility index (Phi) is 6.67. The zero-order chi connectivity index (χ0) is 29.3. The maximum atomic E-state index is 16.6. The van der Waals surface area contributed by atoms with Crippen LogP contribution in [0, 0.1) is 11.6 Å². The van der Waals surface area contributed by atoms with Gasteiger partial charge < -0.3 is 25.2 Å². The molecule has 2 aromatic carbocycles. The summed E-state index contributed by atoms with van der Waals surface area (Å²) in [7, 11) is 2.05. The lowest BCUT2D eigenvalue weighted by molar-refractivity contribution is -0.127. The molecule has 0 aliphatic carbocycles. The summed E-state index contributed by atoms with van der Waals surface area (Å²) in [4.78, 5) is 32.0. The number of anilines is 2. The Morgan fingerprint density at radius 3 is 2.81 bits per heavy atom. The quantitative estimate of drug-likeness (QED) is 0.308. The van der Waals surface area contributed by atoms with Gasteiger partial charge in [-0.3, -0.25) is 4.79 Å². The molecule has 218 valence electrons. The molecule has 0 saturated carbocycles. The number of amides is 1. The van der Waals surface area contributed by atoms with Crippen LogP contribution < -0.4 is 15.4 Å². The second-order valence-corrected chi connectivity index (χ2v) is 12.4. The predicted octanol–water partition coefficient (Wildman–Crippen LogP) is 4.87. The van der Waals surface area contributed by atoms with Gasteiger partial charge >= 0.3 is 6.01 Å². The summed E-state index contributed by atoms with van der Waals surface area (Å²) in [6.07, 6.45) is 4.14. The first-order valence-corrected chi connectivity index (χ1v) is 15.0. The minimum absolute atomic E-state index is 0.0111. The number of carbonyl (C=O) groups excluding carboxylic acids is 1. The summed E-state index contributed by atoms with van der Waals surface area (Å²) in [5, 5.41) is 0.700. The van der Waals surface area contributed by atoms with Crippen molar-refractivity contribution >= 4 is 60.9 Å². The maximum absolute atomic E-state index is 16.6. The number of thiazole rings is 1. The van der Waals surface area contributed by atoms with Crippen molar-refractivity contribution in [3.8, 4) is 17.1 Å². The van der Waals surface area contributed by atoms with Gasteiger partial charge in [-0.05, 0) is 57.1 Å². The van der Waals surface area contributed by atoms with E-state index in [0.29, 0.717) is 36.5 Å². The van der Waals surface area contributed by atoms with Crippen molar-refractivity contribution in [1.29, 1.82) is 0 Å². The van der Waals surface area contributed by atoms with Gasteiger partial charge in [0.2, 0.25) is 5.91 Å². The Hall–Kier alpha value is -3.61. The van der Waals surface area contributed by atoms with Crippen molar-refractivity contribution in [3.63, 3.8) is 0 Å². The summed E-state index contributed by atoms with van der Waals surface area (Å²) >= 11 is 7.75. The third-order valence-corrected chi connectivity index (χ3v) is 9.92. The van der Waals surface area contributed by atoms with Gasteiger partial charge in [-0.2, -0.15) is 9.97 Å². The molecule has 9 nitrogen and oxygen atoms in total. The van der Waals surface area contributed by atoms with Crippen molar-refractivity contribution in [2.75, 3.05) is 43.9 Å². The number of rotatable bonds is 6. The van der Waals surface area contributed by atoms with Gasteiger partial charge in [0.1, 0.15) is 23.8 Å². The highest BCUT2D eigenvalue weighted by atomic mass is 35.5. The number of hydrogen-bond acceptors (Lipinski definition) is 9. The van der Waals surface area contributed by atoms with Crippen molar-refractivity contribution in [3.05, 3.63) is 47.5 Å². The highest BCUT2D eigenvalue weighted by molar-refractivity contribution is 7.22. The molecule has 3 fully saturated rings. The second kappa shape index (κ2) is 10.3. The topological polar surface area (TPSA) is 101 Å². The molecule has 3 saturated heterocycles. The van der Waals surface area contributed by atoms with Crippen LogP contribution in [-0.2, 0) is 4.79 Å². The molecule has 0 bridgehead atoms. The first-order chi connectivity index (χ1) is 20.2. The van der Waals surface area contributed by atoms with Gasteiger partial charge in [0.25, 0.3) is 0 Å². The lowest BCUT2D eigenvalue weighted by Crippen LogP contribution is -2.63. The molecule has 7 rings (SSSR count). The molecular formula is C29H28ClF2N7O2S. The Labute approximate surface area is 249 Å². The van der Waals surface area contributed by atoms with Gasteiger partial charge in [0.05, 0.1) is 27.3 Å². The molecule has 3 aliphatic heterocycles. The number of hydrogen-bond donors (Lipinski definition) is 1. The van der Waals surface area contributed by atoms with E-state index in [1.54, 1.807) is 6.07 Å². The van der Waals surface area contributed by atoms with Crippen LogP contribution in [-0.4, -0.2) is 82.1 Å². The predicted molar refractivity (Wildman–Crippen MR) is 160 cm³/mol. The van der Waals surface area contributed by atoms with Crippen LogP contribution in [0.4, 0.5) is 19.7 Å². The number of likely N-dealkylation sites (tertiary alicyclic amines) is 2. The van der Waals surface area contributed by atoms with Crippen molar-refractivity contribution in [2.45, 2.75) is 37.4 Å². The molecule has 13 heteroatoms. The van der Waals surface area contributed by atoms with Gasteiger partial charge in [0, 0.05) is 35.6 Å². The van der Waals surface area contributed by atoms with E-state index in [2.05, 4.69) is 26.3 Å². The number of likely N-dealkylation sites (N-methyl/N-ethyl adjacent to an activating group) is 1. The van der Waals surface area contributed by atoms with E-state index in [9.17, 15) is 9.18 Å². The normalized spacial score (nSPS) is 22.1. The Morgan fingerprint density at radius 2 is 2.05 bits per heavy atom. The molecule has 0 spiro atoms. The molecule has 42 heavy (non-hydrogen) atoms. The molecule has 0 radical (unpaired) electrons. The van der Waals surface area contributed by atoms with Gasteiger partial charge in [-0.15, -0.1) is 0 Å². The number of aromatic nitrogens is 3.